The number of aromatic nitrogens is 2. The van der Waals surface area contributed by atoms with Crippen LogP contribution in [0.25, 0.3) is 0 Å². The standard InChI is InChI=1S/C9H13N3O3/c1-6-3-4-8(6)15-9-7(12(13)14)5-11(2)10-9/h5-6,8H,3-4H2,1-2H3. The molecule has 1 heterocycles. The van der Waals surface area contributed by atoms with E-state index in [4.69, 9.17) is 4.74 Å². The minimum absolute atomic E-state index is 0.0587. The average Bonchev–Trinajstić information content (AvgIpc) is 2.54. The van der Waals surface area contributed by atoms with Crippen molar-refractivity contribution in [3.63, 3.8) is 0 Å². The number of rotatable bonds is 3. The number of ether oxygens (including phenoxy) is 1. The smallest absolute Gasteiger partial charge is 0.350 e. The Morgan fingerprint density at radius 1 is 1.67 bits per heavy atom. The largest absolute Gasteiger partial charge is 0.468 e. The molecular formula is C9H13N3O3. The second-order valence-corrected chi connectivity index (χ2v) is 3.96. The fourth-order valence-electron chi connectivity index (χ4n) is 1.62. The van der Waals surface area contributed by atoms with Crippen molar-refractivity contribution in [2.45, 2.75) is 25.9 Å². The number of nitrogens with zero attached hydrogens (tertiary/aromatic N) is 3. The summed E-state index contributed by atoms with van der Waals surface area (Å²) < 4.78 is 6.90. The number of hydrogen-bond acceptors (Lipinski definition) is 4. The molecule has 1 aromatic rings. The normalized spacial score (nSPS) is 24.7. The van der Waals surface area contributed by atoms with Crippen LogP contribution in [0.15, 0.2) is 6.20 Å². The first-order valence-electron chi connectivity index (χ1n) is 4.92. The maximum absolute atomic E-state index is 10.7. The van der Waals surface area contributed by atoms with E-state index in [0.29, 0.717) is 5.92 Å². The second kappa shape index (κ2) is 3.52. The van der Waals surface area contributed by atoms with E-state index < -0.39 is 4.92 Å². The molecule has 2 unspecified atom stereocenters. The summed E-state index contributed by atoms with van der Waals surface area (Å²) in [5, 5.41) is 14.6. The van der Waals surface area contributed by atoms with Crippen LogP contribution in [0, 0.1) is 16.0 Å². The van der Waals surface area contributed by atoms with Crippen LogP contribution < -0.4 is 4.74 Å². The Morgan fingerprint density at radius 3 is 2.87 bits per heavy atom. The van der Waals surface area contributed by atoms with Crippen LogP contribution in [0.4, 0.5) is 5.69 Å². The van der Waals surface area contributed by atoms with Gasteiger partial charge in [0.2, 0.25) is 0 Å². The lowest BCUT2D eigenvalue weighted by atomic mass is 9.84. The quantitative estimate of drug-likeness (QED) is 0.561. The van der Waals surface area contributed by atoms with E-state index in [1.54, 1.807) is 7.05 Å². The van der Waals surface area contributed by atoms with Crippen molar-refractivity contribution < 1.29 is 9.66 Å². The molecule has 2 atom stereocenters. The molecule has 6 heteroatoms. The van der Waals surface area contributed by atoms with Crippen LogP contribution in [0.1, 0.15) is 19.8 Å². The van der Waals surface area contributed by atoms with Gasteiger partial charge in [-0.2, -0.15) is 0 Å². The molecule has 1 fully saturated rings. The Bertz CT molecular complexity index is 388. The van der Waals surface area contributed by atoms with Crippen LogP contribution in [0.3, 0.4) is 0 Å². The minimum atomic E-state index is -0.467. The third-order valence-electron chi connectivity index (χ3n) is 2.78. The highest BCUT2D eigenvalue weighted by Crippen LogP contribution is 2.33. The lowest BCUT2D eigenvalue weighted by molar-refractivity contribution is -0.386. The number of hydrogen-bond donors (Lipinski definition) is 0. The SMILES string of the molecule is CC1CCC1Oc1nn(C)cc1[N+](=O)[O-]. The minimum Gasteiger partial charge on any atom is -0.468 e. The Hall–Kier alpha value is -1.59. The van der Waals surface area contributed by atoms with Gasteiger partial charge in [0.25, 0.3) is 0 Å². The van der Waals surface area contributed by atoms with Gasteiger partial charge in [0.1, 0.15) is 12.3 Å². The summed E-state index contributed by atoms with van der Waals surface area (Å²) in [6.45, 7) is 2.07. The molecular weight excluding hydrogens is 198 g/mol. The van der Waals surface area contributed by atoms with E-state index in [2.05, 4.69) is 12.0 Å². The molecule has 1 aromatic heterocycles. The molecule has 1 aliphatic rings. The van der Waals surface area contributed by atoms with Gasteiger partial charge in [-0.05, 0) is 18.8 Å². The molecule has 0 aromatic carbocycles. The van der Waals surface area contributed by atoms with E-state index in [1.807, 2.05) is 0 Å². The van der Waals surface area contributed by atoms with Gasteiger partial charge >= 0.3 is 11.6 Å². The molecule has 1 saturated carbocycles. The summed E-state index contributed by atoms with van der Waals surface area (Å²) >= 11 is 0. The highest BCUT2D eigenvalue weighted by atomic mass is 16.6. The molecule has 2 rings (SSSR count). The maximum atomic E-state index is 10.7. The molecule has 0 amide bonds. The summed E-state index contributed by atoms with van der Waals surface area (Å²) in [5.41, 5.74) is -0.0587. The molecule has 15 heavy (non-hydrogen) atoms. The molecule has 0 spiro atoms. The summed E-state index contributed by atoms with van der Waals surface area (Å²) in [4.78, 5) is 10.2. The van der Waals surface area contributed by atoms with E-state index in [1.165, 1.54) is 10.9 Å². The zero-order valence-corrected chi connectivity index (χ0v) is 8.71. The second-order valence-electron chi connectivity index (χ2n) is 3.96. The van der Waals surface area contributed by atoms with Crippen LogP contribution in [0.2, 0.25) is 0 Å². The third-order valence-corrected chi connectivity index (χ3v) is 2.78. The van der Waals surface area contributed by atoms with Crippen LogP contribution >= 0.6 is 0 Å². The van der Waals surface area contributed by atoms with Gasteiger partial charge < -0.3 is 4.74 Å². The van der Waals surface area contributed by atoms with Crippen molar-refractivity contribution in [3.8, 4) is 5.88 Å². The monoisotopic (exact) mass is 211 g/mol. The van der Waals surface area contributed by atoms with E-state index in [-0.39, 0.29) is 17.7 Å². The fourth-order valence-corrected chi connectivity index (χ4v) is 1.62. The average molecular weight is 211 g/mol. The van der Waals surface area contributed by atoms with Gasteiger partial charge in [-0.25, -0.2) is 0 Å². The van der Waals surface area contributed by atoms with E-state index in [0.717, 1.165) is 12.8 Å². The van der Waals surface area contributed by atoms with Crippen LogP contribution in [-0.4, -0.2) is 20.8 Å². The first kappa shape index (κ1) is 9.95. The molecule has 0 bridgehead atoms. The van der Waals surface area contributed by atoms with Gasteiger partial charge in [-0.15, -0.1) is 5.10 Å². The molecule has 0 radical (unpaired) electrons. The Balaban J connectivity index is 2.16. The Labute approximate surface area is 87.0 Å². The fraction of sp³-hybridized carbons (Fsp3) is 0.667. The van der Waals surface area contributed by atoms with Crippen LogP contribution in [-0.2, 0) is 7.05 Å². The Morgan fingerprint density at radius 2 is 2.40 bits per heavy atom. The molecule has 1 aliphatic carbocycles. The zero-order chi connectivity index (χ0) is 11.0. The summed E-state index contributed by atoms with van der Waals surface area (Å²) in [6, 6.07) is 0. The molecule has 0 saturated heterocycles. The van der Waals surface area contributed by atoms with Crippen LogP contribution in [0.5, 0.6) is 5.88 Å². The van der Waals surface area contributed by atoms with Crippen molar-refractivity contribution in [3.05, 3.63) is 16.3 Å². The van der Waals surface area contributed by atoms with E-state index in [9.17, 15) is 10.1 Å². The highest BCUT2D eigenvalue weighted by Gasteiger charge is 2.32. The zero-order valence-electron chi connectivity index (χ0n) is 8.71. The lowest BCUT2D eigenvalue weighted by Gasteiger charge is -2.32. The molecule has 6 nitrogen and oxygen atoms in total. The van der Waals surface area contributed by atoms with Crippen molar-refractivity contribution in [2.24, 2.45) is 13.0 Å². The van der Waals surface area contributed by atoms with Crippen molar-refractivity contribution in [1.29, 1.82) is 0 Å². The number of nitro groups is 1. The molecule has 0 aliphatic heterocycles. The van der Waals surface area contributed by atoms with Gasteiger partial charge in [-0.1, -0.05) is 6.92 Å². The first-order chi connectivity index (χ1) is 7.08. The summed E-state index contributed by atoms with van der Waals surface area (Å²) in [5.74, 6) is 0.602. The maximum Gasteiger partial charge on any atom is 0.350 e. The Kier molecular flexibility index (Phi) is 2.34. The molecule has 82 valence electrons. The summed E-state index contributed by atoms with van der Waals surface area (Å²) in [6.07, 6.45) is 3.51. The van der Waals surface area contributed by atoms with E-state index >= 15 is 0 Å². The first-order valence-corrected chi connectivity index (χ1v) is 4.92. The topological polar surface area (TPSA) is 70.2 Å². The lowest BCUT2D eigenvalue weighted by Crippen LogP contribution is -2.34. The highest BCUT2D eigenvalue weighted by molar-refractivity contribution is 5.38. The molecule has 0 N–H and O–H groups in total. The predicted molar refractivity (Wildman–Crippen MR) is 52.7 cm³/mol. The van der Waals surface area contributed by atoms with Crippen molar-refractivity contribution in [1.82, 2.24) is 9.78 Å². The van der Waals surface area contributed by atoms with Gasteiger partial charge in [0.15, 0.2) is 0 Å². The van der Waals surface area contributed by atoms with Gasteiger partial charge in [-0.3, -0.25) is 14.8 Å². The van der Waals surface area contributed by atoms with Crippen molar-refractivity contribution in [2.75, 3.05) is 0 Å². The van der Waals surface area contributed by atoms with Gasteiger partial charge in [0, 0.05) is 7.05 Å². The number of aryl methyl sites for hydroxylation is 1. The summed E-state index contributed by atoms with van der Waals surface area (Å²) in [7, 11) is 1.64. The van der Waals surface area contributed by atoms with Crippen molar-refractivity contribution >= 4 is 5.69 Å². The third kappa shape index (κ3) is 1.79. The van der Waals surface area contributed by atoms with Gasteiger partial charge in [0.05, 0.1) is 4.92 Å². The predicted octanol–water partition coefficient (Wildman–Crippen LogP) is 1.51.